The van der Waals surface area contributed by atoms with Gasteiger partial charge in [0.15, 0.2) is 0 Å². The molecule has 0 aliphatic carbocycles. The van der Waals surface area contributed by atoms with E-state index in [1.165, 1.54) is 0 Å². The maximum atomic E-state index is 9.66. The lowest BCUT2D eigenvalue weighted by Gasteiger charge is -2.11. The minimum absolute atomic E-state index is 0.523. The second-order valence-electron chi connectivity index (χ2n) is 3.11. The van der Waals surface area contributed by atoms with Crippen LogP contribution in [0.3, 0.4) is 0 Å². The van der Waals surface area contributed by atoms with E-state index in [1.807, 2.05) is 39.0 Å². The van der Waals surface area contributed by atoms with E-state index in [0.717, 1.165) is 16.6 Å². The van der Waals surface area contributed by atoms with Gasteiger partial charge in [-0.15, -0.1) is 0 Å². The van der Waals surface area contributed by atoms with Crippen molar-refractivity contribution in [3.63, 3.8) is 0 Å². The molecular formula is C10H15BO2. The topological polar surface area (TPSA) is 29.5 Å². The van der Waals surface area contributed by atoms with Gasteiger partial charge in [-0.05, 0) is 26.2 Å². The number of aryl methyl sites for hydroxylation is 2. The first-order chi connectivity index (χ1) is 6.16. The molecule has 0 aliphatic heterocycles. The summed E-state index contributed by atoms with van der Waals surface area (Å²) < 4.78 is 5.15. The van der Waals surface area contributed by atoms with Crippen molar-refractivity contribution < 1.29 is 9.68 Å². The Bertz CT molecular complexity index is 266. The van der Waals surface area contributed by atoms with Crippen molar-refractivity contribution in [3.8, 4) is 0 Å². The molecule has 13 heavy (non-hydrogen) atoms. The zero-order valence-corrected chi connectivity index (χ0v) is 8.37. The lowest BCUT2D eigenvalue weighted by Crippen LogP contribution is -2.37. The van der Waals surface area contributed by atoms with E-state index in [-0.39, 0.29) is 0 Å². The Morgan fingerprint density at radius 3 is 2.31 bits per heavy atom. The van der Waals surface area contributed by atoms with Gasteiger partial charge in [0.25, 0.3) is 0 Å². The molecule has 0 radical (unpaired) electrons. The first-order valence-corrected chi connectivity index (χ1v) is 4.52. The average molecular weight is 178 g/mol. The van der Waals surface area contributed by atoms with Crippen LogP contribution in [0, 0.1) is 13.8 Å². The Kier molecular flexibility index (Phi) is 3.52. The number of rotatable bonds is 3. The van der Waals surface area contributed by atoms with Gasteiger partial charge in [-0.25, -0.2) is 0 Å². The van der Waals surface area contributed by atoms with Crippen LogP contribution in [0.2, 0.25) is 0 Å². The Hall–Kier alpha value is -0.795. The number of benzene rings is 1. The molecule has 0 amide bonds. The highest BCUT2D eigenvalue weighted by Crippen LogP contribution is 2.01. The molecule has 0 bridgehead atoms. The molecule has 1 aromatic rings. The zero-order chi connectivity index (χ0) is 9.84. The van der Waals surface area contributed by atoms with Crippen molar-refractivity contribution in [3.05, 3.63) is 29.3 Å². The third-order valence-corrected chi connectivity index (χ3v) is 2.11. The second kappa shape index (κ2) is 4.44. The van der Waals surface area contributed by atoms with Crippen LogP contribution in [0.5, 0.6) is 0 Å². The van der Waals surface area contributed by atoms with E-state index < -0.39 is 7.12 Å². The lowest BCUT2D eigenvalue weighted by molar-refractivity contribution is 0.287. The quantitative estimate of drug-likeness (QED) is 0.700. The van der Waals surface area contributed by atoms with E-state index >= 15 is 0 Å². The largest absolute Gasteiger partial charge is 0.491 e. The summed E-state index contributed by atoms with van der Waals surface area (Å²) in [7, 11) is -0.786. The molecule has 1 N–H and O–H groups in total. The van der Waals surface area contributed by atoms with E-state index in [1.54, 1.807) is 0 Å². The Balaban J connectivity index is 2.98. The van der Waals surface area contributed by atoms with E-state index in [9.17, 15) is 5.02 Å². The summed E-state index contributed by atoms with van der Waals surface area (Å²) in [4.78, 5) is 0. The molecule has 70 valence electrons. The highest BCUT2D eigenvalue weighted by Gasteiger charge is 2.19. The fourth-order valence-corrected chi connectivity index (χ4v) is 1.46. The molecule has 0 atom stereocenters. The van der Waals surface area contributed by atoms with Crippen LogP contribution < -0.4 is 5.46 Å². The molecule has 0 saturated heterocycles. The third-order valence-electron chi connectivity index (χ3n) is 2.11. The SMILES string of the molecule is CCOB(O)c1c(C)cccc1C. The summed E-state index contributed by atoms with van der Waals surface area (Å²) in [6.07, 6.45) is 0. The summed E-state index contributed by atoms with van der Waals surface area (Å²) in [5.74, 6) is 0. The van der Waals surface area contributed by atoms with Gasteiger partial charge in [0, 0.05) is 6.61 Å². The Morgan fingerprint density at radius 2 is 1.85 bits per heavy atom. The first kappa shape index (κ1) is 10.3. The molecule has 0 heterocycles. The van der Waals surface area contributed by atoms with Crippen molar-refractivity contribution in [2.75, 3.05) is 6.61 Å². The molecule has 0 spiro atoms. The highest BCUT2D eigenvalue weighted by molar-refractivity contribution is 6.61. The standard InChI is InChI=1S/C10H15BO2/c1-4-13-11(12)10-8(2)6-5-7-9(10)3/h5-7,12H,4H2,1-3H3. The smallest absolute Gasteiger partial charge is 0.423 e. The molecule has 1 rings (SSSR count). The van der Waals surface area contributed by atoms with Crippen molar-refractivity contribution in [1.29, 1.82) is 0 Å². The van der Waals surface area contributed by atoms with Crippen LogP contribution in [0.25, 0.3) is 0 Å². The van der Waals surface area contributed by atoms with Crippen LogP contribution >= 0.6 is 0 Å². The number of hydrogen-bond acceptors (Lipinski definition) is 2. The highest BCUT2D eigenvalue weighted by atomic mass is 16.5. The number of hydrogen-bond donors (Lipinski definition) is 1. The van der Waals surface area contributed by atoms with Crippen molar-refractivity contribution in [1.82, 2.24) is 0 Å². The van der Waals surface area contributed by atoms with E-state index in [4.69, 9.17) is 4.65 Å². The lowest BCUT2D eigenvalue weighted by atomic mass is 9.74. The van der Waals surface area contributed by atoms with Crippen LogP contribution in [-0.4, -0.2) is 18.7 Å². The molecular weight excluding hydrogens is 163 g/mol. The van der Waals surface area contributed by atoms with Gasteiger partial charge >= 0.3 is 7.12 Å². The summed E-state index contributed by atoms with van der Waals surface area (Å²) in [6, 6.07) is 5.93. The molecule has 0 fully saturated rings. The normalized spacial score (nSPS) is 10.2. The van der Waals surface area contributed by atoms with Gasteiger partial charge in [-0.2, -0.15) is 0 Å². The third kappa shape index (κ3) is 2.33. The Labute approximate surface area is 79.7 Å². The maximum absolute atomic E-state index is 9.66. The maximum Gasteiger partial charge on any atom is 0.491 e. The van der Waals surface area contributed by atoms with Crippen molar-refractivity contribution >= 4 is 12.6 Å². The molecule has 0 aromatic heterocycles. The average Bonchev–Trinajstić information content (AvgIpc) is 2.04. The predicted octanol–water partition coefficient (Wildman–Crippen LogP) is 1.03. The first-order valence-electron chi connectivity index (χ1n) is 4.52. The molecule has 0 aliphatic rings. The van der Waals surface area contributed by atoms with Gasteiger partial charge in [-0.1, -0.05) is 29.3 Å². The predicted molar refractivity (Wildman–Crippen MR) is 55.1 cm³/mol. The summed E-state index contributed by atoms with van der Waals surface area (Å²) >= 11 is 0. The van der Waals surface area contributed by atoms with Crippen molar-refractivity contribution in [2.24, 2.45) is 0 Å². The van der Waals surface area contributed by atoms with Gasteiger partial charge in [0.1, 0.15) is 0 Å². The van der Waals surface area contributed by atoms with Gasteiger partial charge in [0.05, 0.1) is 0 Å². The molecule has 0 saturated carbocycles. The minimum atomic E-state index is -0.786. The monoisotopic (exact) mass is 178 g/mol. The van der Waals surface area contributed by atoms with Crippen LogP contribution in [0.1, 0.15) is 18.1 Å². The summed E-state index contributed by atoms with van der Waals surface area (Å²) in [5, 5.41) is 9.66. The van der Waals surface area contributed by atoms with Crippen LogP contribution in [0.15, 0.2) is 18.2 Å². The molecule has 2 nitrogen and oxygen atoms in total. The fraction of sp³-hybridized carbons (Fsp3) is 0.400. The molecule has 0 unspecified atom stereocenters. The van der Waals surface area contributed by atoms with Crippen LogP contribution in [0.4, 0.5) is 0 Å². The zero-order valence-electron chi connectivity index (χ0n) is 8.37. The Morgan fingerprint density at radius 1 is 1.31 bits per heavy atom. The molecule has 3 heteroatoms. The van der Waals surface area contributed by atoms with E-state index in [0.29, 0.717) is 6.61 Å². The van der Waals surface area contributed by atoms with Crippen LogP contribution in [-0.2, 0) is 4.65 Å². The van der Waals surface area contributed by atoms with Crippen molar-refractivity contribution in [2.45, 2.75) is 20.8 Å². The van der Waals surface area contributed by atoms with Gasteiger partial charge in [0.2, 0.25) is 0 Å². The van der Waals surface area contributed by atoms with Gasteiger partial charge in [-0.3, -0.25) is 0 Å². The minimum Gasteiger partial charge on any atom is -0.423 e. The van der Waals surface area contributed by atoms with E-state index in [2.05, 4.69) is 0 Å². The fourth-order valence-electron chi connectivity index (χ4n) is 1.46. The summed E-state index contributed by atoms with van der Waals surface area (Å²) in [6.45, 7) is 6.35. The second-order valence-corrected chi connectivity index (χ2v) is 3.11. The summed E-state index contributed by atoms with van der Waals surface area (Å²) in [5.41, 5.74) is 3.03. The van der Waals surface area contributed by atoms with Gasteiger partial charge < -0.3 is 9.68 Å². The molecule has 1 aromatic carbocycles.